The van der Waals surface area contributed by atoms with Gasteiger partial charge in [-0.3, -0.25) is 9.97 Å². The van der Waals surface area contributed by atoms with Crippen molar-refractivity contribution in [1.29, 1.82) is 0 Å². The number of nitrogens with one attached hydrogen (secondary N) is 1. The first-order valence-corrected chi connectivity index (χ1v) is 10.2. The van der Waals surface area contributed by atoms with Crippen LogP contribution in [0.4, 0.5) is 4.79 Å². The van der Waals surface area contributed by atoms with E-state index in [1.165, 1.54) is 0 Å². The van der Waals surface area contributed by atoms with Gasteiger partial charge in [0.05, 0.1) is 25.5 Å². The van der Waals surface area contributed by atoms with Crippen LogP contribution in [-0.2, 0) is 11.3 Å². The molecule has 1 unspecified atom stereocenters. The summed E-state index contributed by atoms with van der Waals surface area (Å²) in [5, 5.41) is 13.7. The Morgan fingerprint density at radius 2 is 1.78 bits per heavy atom. The van der Waals surface area contributed by atoms with Crippen molar-refractivity contribution in [3.05, 3.63) is 91.0 Å². The SMILES string of the molecule is O=C(O)NC(COCc1ccccc1)COc1cncc(-c2ccc3cnccc3c2)c1. The Kier molecular flexibility index (Phi) is 6.89. The smallest absolute Gasteiger partial charge is 0.405 e. The van der Waals surface area contributed by atoms with E-state index in [-0.39, 0.29) is 13.2 Å². The van der Waals surface area contributed by atoms with Gasteiger partial charge in [-0.25, -0.2) is 4.79 Å². The van der Waals surface area contributed by atoms with Crippen molar-refractivity contribution in [2.45, 2.75) is 12.6 Å². The number of amides is 1. The molecule has 7 heteroatoms. The third-order valence-corrected chi connectivity index (χ3v) is 4.90. The average Bonchev–Trinajstić information content (AvgIpc) is 2.83. The quantitative estimate of drug-likeness (QED) is 0.406. The Hall–Kier alpha value is -3.97. The lowest BCUT2D eigenvalue weighted by Crippen LogP contribution is -2.41. The van der Waals surface area contributed by atoms with Crippen LogP contribution in [0.25, 0.3) is 21.9 Å². The molecule has 0 fully saturated rings. The van der Waals surface area contributed by atoms with Gasteiger partial charge in [0.1, 0.15) is 12.4 Å². The Balaban J connectivity index is 1.39. The second kappa shape index (κ2) is 10.4. The molecule has 0 bridgehead atoms. The van der Waals surface area contributed by atoms with Crippen LogP contribution in [0.3, 0.4) is 0 Å². The molecule has 2 heterocycles. The van der Waals surface area contributed by atoms with Crippen molar-refractivity contribution in [2.75, 3.05) is 13.2 Å². The first-order valence-electron chi connectivity index (χ1n) is 10.2. The number of ether oxygens (including phenoxy) is 2. The molecule has 0 saturated heterocycles. The minimum absolute atomic E-state index is 0.121. The zero-order valence-electron chi connectivity index (χ0n) is 17.3. The van der Waals surface area contributed by atoms with Gasteiger partial charge >= 0.3 is 6.09 Å². The van der Waals surface area contributed by atoms with E-state index in [0.717, 1.165) is 27.5 Å². The fraction of sp³-hybridized carbons (Fsp3) is 0.160. The molecule has 4 rings (SSSR count). The molecule has 7 nitrogen and oxygen atoms in total. The maximum Gasteiger partial charge on any atom is 0.405 e. The first kappa shape index (κ1) is 21.3. The molecule has 2 aromatic heterocycles. The Bertz CT molecular complexity index is 1180. The highest BCUT2D eigenvalue weighted by Crippen LogP contribution is 2.26. The lowest BCUT2D eigenvalue weighted by atomic mass is 10.0. The van der Waals surface area contributed by atoms with E-state index in [9.17, 15) is 4.79 Å². The lowest BCUT2D eigenvalue weighted by molar-refractivity contribution is 0.0808. The molecule has 0 aliphatic carbocycles. The summed E-state index contributed by atoms with van der Waals surface area (Å²) in [4.78, 5) is 19.6. The number of hydrogen-bond acceptors (Lipinski definition) is 5. The number of pyridine rings is 2. The summed E-state index contributed by atoms with van der Waals surface area (Å²) < 4.78 is 11.5. The predicted octanol–water partition coefficient (Wildman–Crippen LogP) is 4.53. The largest absolute Gasteiger partial charge is 0.490 e. The number of benzene rings is 2. The highest BCUT2D eigenvalue weighted by atomic mass is 16.5. The second-order valence-electron chi connectivity index (χ2n) is 7.31. The van der Waals surface area contributed by atoms with Gasteiger partial charge in [0.25, 0.3) is 0 Å². The van der Waals surface area contributed by atoms with E-state index in [1.54, 1.807) is 18.6 Å². The standard InChI is InChI=1S/C25H23N3O4/c29-25(30)28-23(16-31-15-18-4-2-1-3-5-18)17-32-24-11-22(13-27-14-24)19-6-7-21-12-26-9-8-20(21)10-19/h1-14,23,28H,15-17H2,(H,29,30). The van der Waals surface area contributed by atoms with Crippen molar-refractivity contribution >= 4 is 16.9 Å². The molecular weight excluding hydrogens is 406 g/mol. The molecule has 0 saturated carbocycles. The molecule has 2 aromatic carbocycles. The number of aromatic nitrogens is 2. The minimum Gasteiger partial charge on any atom is -0.490 e. The third-order valence-electron chi connectivity index (χ3n) is 4.90. The molecule has 0 aliphatic heterocycles. The van der Waals surface area contributed by atoms with Gasteiger partial charge in [-0.2, -0.15) is 0 Å². The van der Waals surface area contributed by atoms with Crippen LogP contribution >= 0.6 is 0 Å². The number of fused-ring (bicyclic) bond motifs is 1. The van der Waals surface area contributed by atoms with E-state index in [1.807, 2.05) is 60.8 Å². The third kappa shape index (κ3) is 5.80. The van der Waals surface area contributed by atoms with Gasteiger partial charge in [0.2, 0.25) is 0 Å². The van der Waals surface area contributed by atoms with Crippen molar-refractivity contribution in [1.82, 2.24) is 15.3 Å². The van der Waals surface area contributed by atoms with E-state index in [0.29, 0.717) is 12.4 Å². The lowest BCUT2D eigenvalue weighted by Gasteiger charge is -2.18. The van der Waals surface area contributed by atoms with Crippen molar-refractivity contribution in [3.8, 4) is 16.9 Å². The molecule has 0 spiro atoms. The second-order valence-corrected chi connectivity index (χ2v) is 7.31. The van der Waals surface area contributed by atoms with Crippen molar-refractivity contribution in [3.63, 3.8) is 0 Å². The van der Waals surface area contributed by atoms with Crippen molar-refractivity contribution in [2.24, 2.45) is 0 Å². The number of carboxylic acid groups (broad SMARTS) is 1. The summed E-state index contributed by atoms with van der Waals surface area (Å²) >= 11 is 0. The predicted molar refractivity (Wildman–Crippen MR) is 122 cm³/mol. The van der Waals surface area contributed by atoms with Crippen LogP contribution in [-0.4, -0.2) is 40.4 Å². The average molecular weight is 429 g/mol. The molecule has 0 aliphatic rings. The summed E-state index contributed by atoms with van der Waals surface area (Å²) in [5.74, 6) is 0.553. The molecule has 1 atom stereocenters. The molecule has 1 amide bonds. The number of carbonyl (C=O) groups is 1. The molecular formula is C25H23N3O4. The van der Waals surface area contributed by atoms with E-state index >= 15 is 0 Å². The summed E-state index contributed by atoms with van der Waals surface area (Å²) in [5.41, 5.74) is 2.93. The maximum absolute atomic E-state index is 11.2. The van der Waals surface area contributed by atoms with Gasteiger partial charge in [-0.05, 0) is 34.7 Å². The molecule has 4 aromatic rings. The van der Waals surface area contributed by atoms with Crippen LogP contribution in [0.5, 0.6) is 5.75 Å². The van der Waals surface area contributed by atoms with Crippen LogP contribution in [0.1, 0.15) is 5.56 Å². The van der Waals surface area contributed by atoms with E-state index in [4.69, 9.17) is 14.6 Å². The minimum atomic E-state index is -1.13. The molecule has 162 valence electrons. The van der Waals surface area contributed by atoms with Crippen LogP contribution < -0.4 is 10.1 Å². The van der Waals surface area contributed by atoms with Gasteiger partial charge < -0.3 is 19.9 Å². The monoisotopic (exact) mass is 429 g/mol. The maximum atomic E-state index is 11.2. The molecule has 32 heavy (non-hydrogen) atoms. The van der Waals surface area contributed by atoms with E-state index in [2.05, 4.69) is 21.4 Å². The normalized spacial score (nSPS) is 11.8. The van der Waals surface area contributed by atoms with Crippen molar-refractivity contribution < 1.29 is 19.4 Å². The van der Waals surface area contributed by atoms with Gasteiger partial charge in [0, 0.05) is 29.5 Å². The van der Waals surface area contributed by atoms with Crippen LogP contribution in [0, 0.1) is 0 Å². The number of rotatable bonds is 9. The highest BCUT2D eigenvalue weighted by molar-refractivity contribution is 5.86. The van der Waals surface area contributed by atoms with Crippen LogP contribution in [0.15, 0.2) is 85.5 Å². The van der Waals surface area contributed by atoms with Crippen LogP contribution in [0.2, 0.25) is 0 Å². The Morgan fingerprint density at radius 1 is 0.906 bits per heavy atom. The van der Waals surface area contributed by atoms with Gasteiger partial charge in [-0.15, -0.1) is 0 Å². The molecule has 2 N–H and O–H groups in total. The summed E-state index contributed by atoms with van der Waals surface area (Å²) in [6.07, 6.45) is 5.84. The van der Waals surface area contributed by atoms with Gasteiger partial charge in [-0.1, -0.05) is 42.5 Å². The summed E-state index contributed by atoms with van der Waals surface area (Å²) in [6, 6.07) is 19.1. The fourth-order valence-electron chi connectivity index (χ4n) is 3.31. The van der Waals surface area contributed by atoms with E-state index < -0.39 is 12.1 Å². The summed E-state index contributed by atoms with van der Waals surface area (Å²) in [6.45, 7) is 0.704. The topological polar surface area (TPSA) is 93.6 Å². The molecule has 0 radical (unpaired) electrons. The highest BCUT2D eigenvalue weighted by Gasteiger charge is 2.14. The first-order chi connectivity index (χ1) is 15.7. The van der Waals surface area contributed by atoms with Gasteiger partial charge in [0.15, 0.2) is 0 Å². The zero-order chi connectivity index (χ0) is 22.2. The number of nitrogens with zero attached hydrogens (tertiary/aromatic N) is 2. The Morgan fingerprint density at radius 3 is 2.62 bits per heavy atom. The fourth-order valence-corrected chi connectivity index (χ4v) is 3.31. The summed E-state index contributed by atoms with van der Waals surface area (Å²) in [7, 11) is 0. The Labute approximate surface area is 185 Å². The number of hydrogen-bond donors (Lipinski definition) is 2. The zero-order valence-corrected chi connectivity index (χ0v) is 17.3.